The van der Waals surface area contributed by atoms with E-state index >= 15 is 0 Å². The van der Waals surface area contributed by atoms with Gasteiger partial charge in [0.2, 0.25) is 5.91 Å². The molecule has 0 radical (unpaired) electrons. The molecule has 4 heteroatoms. The van der Waals surface area contributed by atoms with Crippen molar-refractivity contribution < 1.29 is 4.79 Å². The van der Waals surface area contributed by atoms with Crippen LogP contribution in [0.4, 0.5) is 0 Å². The SMILES string of the molecule is CC(C)(N)CCNC(=O)[C@]12CC[C@H]1CNC2. The van der Waals surface area contributed by atoms with Crippen LogP contribution in [0.25, 0.3) is 0 Å². The van der Waals surface area contributed by atoms with Gasteiger partial charge in [0.05, 0.1) is 5.41 Å². The molecule has 0 aromatic rings. The number of carbonyl (C=O) groups excluding carboxylic acids is 1. The molecule has 2 rings (SSSR count). The number of carbonyl (C=O) groups is 1. The summed E-state index contributed by atoms with van der Waals surface area (Å²) in [5.41, 5.74) is 5.60. The van der Waals surface area contributed by atoms with E-state index in [2.05, 4.69) is 10.6 Å². The molecule has 4 nitrogen and oxygen atoms in total. The van der Waals surface area contributed by atoms with Crippen molar-refractivity contribution in [1.82, 2.24) is 10.6 Å². The molecule has 1 aliphatic carbocycles. The van der Waals surface area contributed by atoms with Crippen LogP contribution in [-0.4, -0.2) is 31.1 Å². The van der Waals surface area contributed by atoms with Crippen LogP contribution < -0.4 is 16.4 Å². The molecule has 0 unspecified atom stereocenters. The van der Waals surface area contributed by atoms with Crippen LogP contribution >= 0.6 is 0 Å². The maximum Gasteiger partial charge on any atom is 0.227 e. The zero-order valence-corrected chi connectivity index (χ0v) is 10.3. The standard InChI is InChI=1S/C12H23N3O/c1-11(2,13)5-6-15-10(16)12-4-3-9(12)7-14-8-12/h9,14H,3-8,13H2,1-2H3,(H,15,16)/t9-,12-/m0/s1. The summed E-state index contributed by atoms with van der Waals surface area (Å²) in [5.74, 6) is 0.802. The average Bonchev–Trinajstić information content (AvgIpc) is 2.40. The van der Waals surface area contributed by atoms with Crippen molar-refractivity contribution in [3.8, 4) is 0 Å². The normalized spacial score (nSPS) is 33.1. The lowest BCUT2D eigenvalue weighted by Crippen LogP contribution is -2.52. The highest BCUT2D eigenvalue weighted by Crippen LogP contribution is 2.49. The lowest BCUT2D eigenvalue weighted by Gasteiger charge is -2.42. The third-order valence-electron chi connectivity index (χ3n) is 4.06. The van der Waals surface area contributed by atoms with Crippen molar-refractivity contribution in [2.45, 2.75) is 38.6 Å². The van der Waals surface area contributed by atoms with E-state index in [0.717, 1.165) is 25.9 Å². The summed E-state index contributed by atoms with van der Waals surface area (Å²) < 4.78 is 0. The van der Waals surface area contributed by atoms with Crippen LogP contribution in [0.15, 0.2) is 0 Å². The Morgan fingerprint density at radius 2 is 2.38 bits per heavy atom. The van der Waals surface area contributed by atoms with Gasteiger partial charge in [-0.15, -0.1) is 0 Å². The van der Waals surface area contributed by atoms with E-state index in [0.29, 0.717) is 12.5 Å². The summed E-state index contributed by atoms with van der Waals surface area (Å²) in [6.45, 7) is 6.53. The van der Waals surface area contributed by atoms with E-state index in [-0.39, 0.29) is 16.9 Å². The van der Waals surface area contributed by atoms with E-state index in [4.69, 9.17) is 5.73 Å². The number of amides is 1. The summed E-state index contributed by atoms with van der Waals surface area (Å²) >= 11 is 0. The maximum absolute atomic E-state index is 12.1. The summed E-state index contributed by atoms with van der Waals surface area (Å²) in [7, 11) is 0. The Labute approximate surface area is 97.3 Å². The molecule has 1 heterocycles. The van der Waals surface area contributed by atoms with Gasteiger partial charge < -0.3 is 16.4 Å². The van der Waals surface area contributed by atoms with Crippen LogP contribution in [0.5, 0.6) is 0 Å². The Morgan fingerprint density at radius 3 is 2.88 bits per heavy atom. The van der Waals surface area contributed by atoms with Gasteiger partial charge >= 0.3 is 0 Å². The Balaban J connectivity index is 1.80. The van der Waals surface area contributed by atoms with E-state index in [1.807, 2.05) is 13.8 Å². The largest absolute Gasteiger partial charge is 0.355 e. The molecular weight excluding hydrogens is 202 g/mol. The Bertz CT molecular complexity index is 284. The van der Waals surface area contributed by atoms with Gasteiger partial charge in [-0.1, -0.05) is 0 Å². The number of hydrogen-bond donors (Lipinski definition) is 3. The zero-order chi connectivity index (χ0) is 11.8. The van der Waals surface area contributed by atoms with Gasteiger partial charge in [-0.3, -0.25) is 4.79 Å². The predicted octanol–water partition coefficient (Wildman–Crippen LogP) is 0.230. The first-order valence-corrected chi connectivity index (χ1v) is 6.22. The number of fused-ring (bicyclic) bond motifs is 1. The predicted molar refractivity (Wildman–Crippen MR) is 63.9 cm³/mol. The number of nitrogens with two attached hydrogens (primary N) is 1. The molecule has 2 aliphatic rings. The summed E-state index contributed by atoms with van der Waals surface area (Å²) in [6.07, 6.45) is 3.07. The van der Waals surface area contributed by atoms with Gasteiger partial charge in [0.25, 0.3) is 0 Å². The fourth-order valence-corrected chi connectivity index (χ4v) is 2.75. The molecule has 0 aromatic carbocycles. The maximum atomic E-state index is 12.1. The lowest BCUT2D eigenvalue weighted by atomic mass is 9.61. The smallest absolute Gasteiger partial charge is 0.227 e. The average molecular weight is 225 g/mol. The molecule has 0 bridgehead atoms. The van der Waals surface area contributed by atoms with Gasteiger partial charge in [-0.2, -0.15) is 0 Å². The minimum Gasteiger partial charge on any atom is -0.355 e. The quantitative estimate of drug-likeness (QED) is 0.641. The number of rotatable bonds is 4. The highest BCUT2D eigenvalue weighted by atomic mass is 16.2. The van der Waals surface area contributed by atoms with Crippen molar-refractivity contribution in [2.75, 3.05) is 19.6 Å². The number of nitrogens with one attached hydrogen (secondary N) is 2. The van der Waals surface area contributed by atoms with E-state index in [1.165, 1.54) is 6.42 Å². The molecule has 1 amide bonds. The van der Waals surface area contributed by atoms with Crippen LogP contribution in [0.2, 0.25) is 0 Å². The fraction of sp³-hybridized carbons (Fsp3) is 0.917. The first-order chi connectivity index (χ1) is 7.44. The molecule has 0 aromatic heterocycles. The van der Waals surface area contributed by atoms with Crippen LogP contribution in [-0.2, 0) is 4.79 Å². The zero-order valence-electron chi connectivity index (χ0n) is 10.3. The van der Waals surface area contributed by atoms with Crippen molar-refractivity contribution >= 4 is 5.91 Å². The Kier molecular flexibility index (Phi) is 2.97. The van der Waals surface area contributed by atoms with Gasteiger partial charge in [0.1, 0.15) is 0 Å². The van der Waals surface area contributed by atoms with E-state index in [1.54, 1.807) is 0 Å². The molecule has 2 fully saturated rings. The minimum absolute atomic E-state index is 0.0846. The Morgan fingerprint density at radius 1 is 1.62 bits per heavy atom. The van der Waals surface area contributed by atoms with Crippen molar-refractivity contribution in [1.29, 1.82) is 0 Å². The molecule has 1 aliphatic heterocycles. The van der Waals surface area contributed by atoms with Gasteiger partial charge in [-0.25, -0.2) is 0 Å². The van der Waals surface area contributed by atoms with Gasteiger partial charge in [0, 0.05) is 18.6 Å². The highest BCUT2D eigenvalue weighted by Gasteiger charge is 2.54. The lowest BCUT2D eigenvalue weighted by molar-refractivity contribution is -0.138. The third kappa shape index (κ3) is 2.09. The first-order valence-electron chi connectivity index (χ1n) is 6.22. The highest BCUT2D eigenvalue weighted by molar-refractivity contribution is 5.84. The van der Waals surface area contributed by atoms with Crippen molar-refractivity contribution in [3.63, 3.8) is 0 Å². The molecule has 2 atom stereocenters. The fourth-order valence-electron chi connectivity index (χ4n) is 2.75. The van der Waals surface area contributed by atoms with Gasteiger partial charge in [-0.05, 0) is 45.6 Å². The molecule has 4 N–H and O–H groups in total. The molecule has 92 valence electrons. The molecule has 0 spiro atoms. The second-order valence-electron chi connectivity index (χ2n) is 6.02. The third-order valence-corrected chi connectivity index (χ3v) is 4.06. The van der Waals surface area contributed by atoms with E-state index in [9.17, 15) is 4.79 Å². The van der Waals surface area contributed by atoms with Crippen molar-refractivity contribution in [2.24, 2.45) is 17.1 Å². The van der Waals surface area contributed by atoms with E-state index < -0.39 is 0 Å². The molecule has 16 heavy (non-hydrogen) atoms. The molecule has 1 saturated carbocycles. The molecule has 1 saturated heterocycles. The minimum atomic E-state index is -0.197. The Hall–Kier alpha value is -0.610. The van der Waals surface area contributed by atoms with Crippen LogP contribution in [0.1, 0.15) is 33.1 Å². The second-order valence-corrected chi connectivity index (χ2v) is 6.02. The van der Waals surface area contributed by atoms with Crippen LogP contribution in [0.3, 0.4) is 0 Å². The molecular formula is C12H23N3O. The van der Waals surface area contributed by atoms with Crippen molar-refractivity contribution in [3.05, 3.63) is 0 Å². The second kappa shape index (κ2) is 4.00. The summed E-state index contributed by atoms with van der Waals surface area (Å²) in [4.78, 5) is 12.1. The monoisotopic (exact) mass is 225 g/mol. The summed E-state index contributed by atoms with van der Waals surface area (Å²) in [6, 6.07) is 0. The van der Waals surface area contributed by atoms with Gasteiger partial charge in [0.15, 0.2) is 0 Å². The topological polar surface area (TPSA) is 67.1 Å². The van der Waals surface area contributed by atoms with Crippen LogP contribution in [0, 0.1) is 11.3 Å². The first kappa shape index (κ1) is 11.9. The summed E-state index contributed by atoms with van der Waals surface area (Å²) in [5, 5.41) is 6.37. The number of hydrogen-bond acceptors (Lipinski definition) is 3.